The van der Waals surface area contributed by atoms with Crippen LogP contribution < -0.4 is 9.47 Å². The summed E-state index contributed by atoms with van der Waals surface area (Å²) in [5.74, 6) is 0.561. The molecule has 0 saturated carbocycles. The third-order valence-corrected chi connectivity index (χ3v) is 5.32. The van der Waals surface area contributed by atoms with Crippen LogP contribution in [0.3, 0.4) is 0 Å². The van der Waals surface area contributed by atoms with Crippen molar-refractivity contribution in [3.8, 4) is 11.5 Å². The Labute approximate surface area is 160 Å². The van der Waals surface area contributed by atoms with Crippen molar-refractivity contribution < 1.29 is 19.4 Å². The molecule has 1 N–H and O–H groups in total. The summed E-state index contributed by atoms with van der Waals surface area (Å²) in [6.07, 6.45) is 3.03. The fraction of sp³-hybridized carbons (Fsp3) is 0.348. The van der Waals surface area contributed by atoms with Crippen LogP contribution in [-0.4, -0.2) is 24.8 Å². The number of fused-ring (bicyclic) bond motifs is 1. The summed E-state index contributed by atoms with van der Waals surface area (Å²) in [5.41, 5.74) is 5.79. The second-order valence-electron chi connectivity index (χ2n) is 7.73. The summed E-state index contributed by atoms with van der Waals surface area (Å²) in [6.45, 7) is 9.40. The van der Waals surface area contributed by atoms with Crippen LogP contribution in [0.4, 0.5) is 0 Å². The SMILES string of the molecule is COc1cc(C(=O)O)ccc1/C=C(/C)c1cc2c(cc1C)OCCC2(C)C. The Morgan fingerprint density at radius 3 is 2.67 bits per heavy atom. The lowest BCUT2D eigenvalue weighted by molar-refractivity contribution is 0.0696. The first-order chi connectivity index (χ1) is 12.7. The molecule has 0 radical (unpaired) electrons. The Morgan fingerprint density at radius 1 is 1.26 bits per heavy atom. The molecule has 0 bridgehead atoms. The molecule has 1 heterocycles. The van der Waals surface area contributed by atoms with Crippen LogP contribution in [0.2, 0.25) is 0 Å². The number of aryl methyl sites for hydroxylation is 1. The summed E-state index contributed by atoms with van der Waals surface area (Å²) in [6, 6.07) is 9.28. The van der Waals surface area contributed by atoms with Gasteiger partial charge < -0.3 is 14.6 Å². The van der Waals surface area contributed by atoms with Crippen LogP contribution in [0, 0.1) is 6.92 Å². The first-order valence-electron chi connectivity index (χ1n) is 9.11. The predicted octanol–water partition coefficient (Wildman–Crippen LogP) is 5.32. The van der Waals surface area contributed by atoms with Gasteiger partial charge in [-0.25, -0.2) is 4.79 Å². The van der Waals surface area contributed by atoms with E-state index in [-0.39, 0.29) is 11.0 Å². The molecular weight excluding hydrogens is 340 g/mol. The van der Waals surface area contributed by atoms with E-state index in [9.17, 15) is 9.90 Å². The van der Waals surface area contributed by atoms with E-state index in [2.05, 4.69) is 39.8 Å². The van der Waals surface area contributed by atoms with Crippen LogP contribution in [-0.2, 0) is 5.41 Å². The summed E-state index contributed by atoms with van der Waals surface area (Å²) in [5, 5.41) is 9.17. The van der Waals surface area contributed by atoms with Crippen LogP contribution in [0.25, 0.3) is 11.6 Å². The van der Waals surface area contributed by atoms with Gasteiger partial charge in [0.2, 0.25) is 0 Å². The van der Waals surface area contributed by atoms with Gasteiger partial charge >= 0.3 is 5.97 Å². The van der Waals surface area contributed by atoms with Crippen molar-refractivity contribution in [3.63, 3.8) is 0 Å². The van der Waals surface area contributed by atoms with Crippen LogP contribution in [0.1, 0.15) is 59.8 Å². The minimum Gasteiger partial charge on any atom is -0.496 e. The number of ether oxygens (including phenoxy) is 2. The minimum atomic E-state index is -0.965. The zero-order chi connectivity index (χ0) is 19.8. The number of benzene rings is 2. The molecule has 4 nitrogen and oxygen atoms in total. The maximum absolute atomic E-state index is 11.2. The molecule has 0 aromatic heterocycles. The number of methoxy groups -OCH3 is 1. The van der Waals surface area contributed by atoms with Gasteiger partial charge in [-0.15, -0.1) is 0 Å². The molecular formula is C23H26O4. The van der Waals surface area contributed by atoms with Crippen LogP contribution >= 0.6 is 0 Å². The van der Waals surface area contributed by atoms with E-state index in [0.717, 1.165) is 41.0 Å². The highest BCUT2D eigenvalue weighted by atomic mass is 16.5. The molecule has 0 saturated heterocycles. The molecule has 0 amide bonds. The second kappa shape index (κ2) is 7.10. The van der Waals surface area contributed by atoms with E-state index in [1.165, 1.54) is 5.56 Å². The maximum atomic E-state index is 11.2. The van der Waals surface area contributed by atoms with Crippen molar-refractivity contribution in [3.05, 3.63) is 58.1 Å². The molecule has 142 valence electrons. The fourth-order valence-electron chi connectivity index (χ4n) is 3.58. The lowest BCUT2D eigenvalue weighted by Gasteiger charge is -2.33. The molecule has 27 heavy (non-hydrogen) atoms. The number of carboxylic acid groups (broad SMARTS) is 1. The second-order valence-corrected chi connectivity index (χ2v) is 7.73. The van der Waals surface area contributed by atoms with Gasteiger partial charge in [0.1, 0.15) is 11.5 Å². The summed E-state index contributed by atoms with van der Waals surface area (Å²) in [4.78, 5) is 11.2. The van der Waals surface area contributed by atoms with E-state index in [1.807, 2.05) is 6.08 Å². The number of hydrogen-bond donors (Lipinski definition) is 1. The van der Waals surface area contributed by atoms with E-state index in [1.54, 1.807) is 25.3 Å². The zero-order valence-corrected chi connectivity index (χ0v) is 16.6. The number of rotatable bonds is 4. The van der Waals surface area contributed by atoms with Gasteiger partial charge in [-0.2, -0.15) is 0 Å². The van der Waals surface area contributed by atoms with Gasteiger partial charge in [0.05, 0.1) is 19.3 Å². The van der Waals surface area contributed by atoms with Crippen molar-refractivity contribution in [1.82, 2.24) is 0 Å². The van der Waals surface area contributed by atoms with Crippen molar-refractivity contribution in [2.24, 2.45) is 0 Å². The fourth-order valence-corrected chi connectivity index (χ4v) is 3.58. The van der Waals surface area contributed by atoms with E-state index >= 15 is 0 Å². The van der Waals surface area contributed by atoms with E-state index in [4.69, 9.17) is 9.47 Å². The lowest BCUT2D eigenvalue weighted by atomic mass is 9.78. The van der Waals surface area contributed by atoms with Gasteiger partial charge in [-0.05, 0) is 72.7 Å². The molecule has 0 unspecified atom stereocenters. The topological polar surface area (TPSA) is 55.8 Å². The third-order valence-electron chi connectivity index (χ3n) is 5.32. The highest BCUT2D eigenvalue weighted by Crippen LogP contribution is 2.41. The zero-order valence-electron chi connectivity index (χ0n) is 16.6. The van der Waals surface area contributed by atoms with Crippen molar-refractivity contribution in [1.29, 1.82) is 0 Å². The minimum absolute atomic E-state index is 0.0805. The summed E-state index contributed by atoms with van der Waals surface area (Å²) in [7, 11) is 1.55. The molecule has 4 heteroatoms. The molecule has 1 aliphatic heterocycles. The van der Waals surface area contributed by atoms with Crippen LogP contribution in [0.15, 0.2) is 30.3 Å². The summed E-state index contributed by atoms with van der Waals surface area (Å²) >= 11 is 0. The largest absolute Gasteiger partial charge is 0.496 e. The molecule has 1 aliphatic rings. The number of aromatic carboxylic acids is 1. The summed E-state index contributed by atoms with van der Waals surface area (Å²) < 4.78 is 11.3. The normalized spacial score (nSPS) is 15.7. The Kier molecular flexibility index (Phi) is 5.01. The van der Waals surface area contributed by atoms with Crippen molar-refractivity contribution in [2.75, 3.05) is 13.7 Å². The van der Waals surface area contributed by atoms with Crippen molar-refractivity contribution in [2.45, 2.75) is 39.5 Å². The smallest absolute Gasteiger partial charge is 0.335 e. The van der Waals surface area contributed by atoms with Gasteiger partial charge in [0, 0.05) is 11.1 Å². The number of hydrogen-bond acceptors (Lipinski definition) is 3. The van der Waals surface area contributed by atoms with Gasteiger partial charge in [-0.1, -0.05) is 19.9 Å². The molecule has 0 atom stereocenters. The van der Waals surface area contributed by atoms with Gasteiger partial charge in [-0.3, -0.25) is 0 Å². The van der Waals surface area contributed by atoms with E-state index < -0.39 is 5.97 Å². The Hall–Kier alpha value is -2.75. The number of carboxylic acids is 1. The standard InChI is InChI=1S/C23H26O4/c1-14(10-16-6-7-17(22(24)25)12-20(16)26-5)18-13-19-21(11-15(18)2)27-9-8-23(19,3)4/h6-7,10-13H,8-9H2,1-5H3,(H,24,25)/b14-10-. The molecule has 0 spiro atoms. The predicted molar refractivity (Wildman–Crippen MR) is 108 cm³/mol. The van der Waals surface area contributed by atoms with E-state index in [0.29, 0.717) is 5.75 Å². The van der Waals surface area contributed by atoms with Gasteiger partial charge in [0.15, 0.2) is 0 Å². The first-order valence-corrected chi connectivity index (χ1v) is 9.11. The van der Waals surface area contributed by atoms with Gasteiger partial charge in [0.25, 0.3) is 0 Å². The number of allylic oxidation sites excluding steroid dienone is 1. The average molecular weight is 366 g/mol. The Bertz CT molecular complexity index is 922. The molecule has 0 aliphatic carbocycles. The first kappa shape index (κ1) is 19.0. The molecule has 2 aromatic carbocycles. The maximum Gasteiger partial charge on any atom is 0.335 e. The Balaban J connectivity index is 2.06. The highest BCUT2D eigenvalue weighted by Gasteiger charge is 2.29. The Morgan fingerprint density at radius 2 is 2.00 bits per heavy atom. The van der Waals surface area contributed by atoms with Crippen molar-refractivity contribution >= 4 is 17.6 Å². The average Bonchev–Trinajstić information content (AvgIpc) is 2.60. The quantitative estimate of drug-likeness (QED) is 0.744. The third kappa shape index (κ3) is 3.70. The molecule has 0 fully saturated rings. The number of carbonyl (C=O) groups is 1. The van der Waals surface area contributed by atoms with Crippen LogP contribution in [0.5, 0.6) is 11.5 Å². The molecule has 2 aromatic rings. The molecule has 3 rings (SSSR count). The lowest BCUT2D eigenvalue weighted by Crippen LogP contribution is -2.26. The monoisotopic (exact) mass is 366 g/mol. The highest BCUT2D eigenvalue weighted by molar-refractivity contribution is 5.90.